The highest BCUT2D eigenvalue weighted by atomic mass is 79.9. The summed E-state index contributed by atoms with van der Waals surface area (Å²) in [5.74, 6) is 0. The molecule has 3 heterocycles. The Morgan fingerprint density at radius 3 is 3.05 bits per heavy atom. The second-order valence-corrected chi connectivity index (χ2v) is 6.34. The highest BCUT2D eigenvalue weighted by Crippen LogP contribution is 2.22. The Hall–Kier alpha value is -1.24. The lowest BCUT2D eigenvalue weighted by molar-refractivity contribution is 0.520. The van der Waals surface area contributed by atoms with Gasteiger partial charge in [0.1, 0.15) is 4.60 Å². The second-order valence-electron chi connectivity index (χ2n) is 4.54. The molecule has 104 valence electrons. The van der Waals surface area contributed by atoms with Crippen LogP contribution < -0.4 is 5.32 Å². The minimum atomic E-state index is 0.394. The first-order chi connectivity index (χ1) is 9.78. The Balaban J connectivity index is 1.78. The van der Waals surface area contributed by atoms with Gasteiger partial charge < -0.3 is 5.32 Å². The zero-order chi connectivity index (χ0) is 13.9. The summed E-state index contributed by atoms with van der Waals surface area (Å²) in [6, 6.07) is 4.67. The topological polar surface area (TPSA) is 42.2 Å². The fraction of sp³-hybridized carbons (Fsp3) is 0.286. The third kappa shape index (κ3) is 2.77. The van der Waals surface area contributed by atoms with Gasteiger partial charge in [-0.3, -0.25) is 4.40 Å². The van der Waals surface area contributed by atoms with E-state index in [1.54, 1.807) is 17.5 Å². The van der Waals surface area contributed by atoms with Crippen molar-refractivity contribution in [2.24, 2.45) is 0 Å². The third-order valence-electron chi connectivity index (χ3n) is 3.27. The van der Waals surface area contributed by atoms with E-state index in [-0.39, 0.29) is 0 Å². The molecule has 0 saturated heterocycles. The number of nitrogens with one attached hydrogen (secondary N) is 1. The zero-order valence-electron chi connectivity index (χ0n) is 11.1. The average molecular weight is 351 g/mol. The maximum Gasteiger partial charge on any atom is 0.155 e. The standard InChI is InChI=1S/C14H15BrN4S/c1-2-11(12-4-3-5-20-12)16-6-10-7-18-14-8-17-13(15)9-19(10)14/h3-5,7-9,11,16H,2,6H2,1H3. The molecule has 1 unspecified atom stereocenters. The summed E-state index contributed by atoms with van der Waals surface area (Å²) in [6.07, 6.45) is 6.69. The first-order valence-corrected chi connectivity index (χ1v) is 8.19. The van der Waals surface area contributed by atoms with Crippen molar-refractivity contribution < 1.29 is 0 Å². The second kappa shape index (κ2) is 6.03. The molecule has 0 aromatic carbocycles. The Morgan fingerprint density at radius 1 is 1.40 bits per heavy atom. The van der Waals surface area contributed by atoms with Crippen molar-refractivity contribution >= 4 is 32.9 Å². The lowest BCUT2D eigenvalue weighted by Crippen LogP contribution is -2.20. The maximum atomic E-state index is 4.37. The van der Waals surface area contributed by atoms with Crippen LogP contribution >= 0.6 is 27.3 Å². The number of aromatic nitrogens is 3. The third-order valence-corrected chi connectivity index (χ3v) is 4.66. The molecule has 6 heteroatoms. The molecule has 1 atom stereocenters. The summed E-state index contributed by atoms with van der Waals surface area (Å²) in [7, 11) is 0. The average Bonchev–Trinajstić information content (AvgIpc) is 3.09. The monoisotopic (exact) mass is 350 g/mol. The molecule has 0 amide bonds. The van der Waals surface area contributed by atoms with Crippen LogP contribution in [0.15, 0.2) is 40.7 Å². The Kier molecular flexibility index (Phi) is 4.14. The highest BCUT2D eigenvalue weighted by molar-refractivity contribution is 9.10. The quantitative estimate of drug-likeness (QED) is 0.760. The van der Waals surface area contributed by atoms with Crippen molar-refractivity contribution in [3.8, 4) is 0 Å². The molecule has 1 N–H and O–H groups in total. The van der Waals surface area contributed by atoms with Gasteiger partial charge in [-0.2, -0.15) is 0 Å². The van der Waals surface area contributed by atoms with Gasteiger partial charge in [0.2, 0.25) is 0 Å². The summed E-state index contributed by atoms with van der Waals surface area (Å²) < 4.78 is 2.88. The van der Waals surface area contributed by atoms with Crippen molar-refractivity contribution in [3.05, 3.63) is 51.3 Å². The summed E-state index contributed by atoms with van der Waals surface area (Å²) >= 11 is 5.19. The number of imidazole rings is 1. The van der Waals surface area contributed by atoms with Crippen LogP contribution in [0.1, 0.15) is 30.0 Å². The summed E-state index contributed by atoms with van der Waals surface area (Å²) in [5, 5.41) is 5.72. The van der Waals surface area contributed by atoms with Crippen molar-refractivity contribution in [2.45, 2.75) is 25.9 Å². The molecule has 3 rings (SSSR count). The Labute approximate surface area is 130 Å². The van der Waals surface area contributed by atoms with Crippen molar-refractivity contribution in [1.29, 1.82) is 0 Å². The SMILES string of the molecule is CCC(NCc1cnc2cnc(Br)cn12)c1cccs1. The predicted molar refractivity (Wildman–Crippen MR) is 84.9 cm³/mol. The van der Waals surface area contributed by atoms with Gasteiger partial charge in [-0.05, 0) is 33.8 Å². The van der Waals surface area contributed by atoms with Gasteiger partial charge in [0.25, 0.3) is 0 Å². The van der Waals surface area contributed by atoms with Gasteiger partial charge in [0.15, 0.2) is 5.65 Å². The molecule has 3 aromatic heterocycles. The van der Waals surface area contributed by atoms with Crippen LogP contribution in [0.4, 0.5) is 0 Å². The van der Waals surface area contributed by atoms with Gasteiger partial charge in [0.05, 0.1) is 18.1 Å². The minimum Gasteiger partial charge on any atom is -0.304 e. The van der Waals surface area contributed by atoms with E-state index in [1.165, 1.54) is 4.88 Å². The van der Waals surface area contributed by atoms with Crippen molar-refractivity contribution in [2.75, 3.05) is 0 Å². The minimum absolute atomic E-state index is 0.394. The number of thiophene rings is 1. The van der Waals surface area contributed by atoms with Gasteiger partial charge in [-0.25, -0.2) is 9.97 Å². The smallest absolute Gasteiger partial charge is 0.155 e. The highest BCUT2D eigenvalue weighted by Gasteiger charge is 2.11. The lowest BCUT2D eigenvalue weighted by atomic mass is 10.2. The van der Waals surface area contributed by atoms with Crippen LogP contribution in [0, 0.1) is 0 Å². The molecule has 3 aromatic rings. The first-order valence-electron chi connectivity index (χ1n) is 6.52. The zero-order valence-corrected chi connectivity index (χ0v) is 13.5. The molecule has 0 radical (unpaired) electrons. The normalized spacial score (nSPS) is 12.9. The Morgan fingerprint density at radius 2 is 2.30 bits per heavy atom. The molecule has 4 nitrogen and oxygen atoms in total. The van der Waals surface area contributed by atoms with Crippen LogP contribution in [-0.2, 0) is 6.54 Å². The van der Waals surface area contributed by atoms with E-state index >= 15 is 0 Å². The first kappa shape index (κ1) is 13.7. The van der Waals surface area contributed by atoms with E-state index in [4.69, 9.17) is 0 Å². The number of fused-ring (bicyclic) bond motifs is 1. The predicted octanol–water partition coefficient (Wildman–Crippen LogP) is 3.79. The molecule has 20 heavy (non-hydrogen) atoms. The summed E-state index contributed by atoms with van der Waals surface area (Å²) in [5.41, 5.74) is 2.01. The van der Waals surface area contributed by atoms with Crippen LogP contribution in [0.2, 0.25) is 0 Å². The van der Waals surface area contributed by atoms with E-state index < -0.39 is 0 Å². The van der Waals surface area contributed by atoms with E-state index in [0.29, 0.717) is 6.04 Å². The van der Waals surface area contributed by atoms with Crippen molar-refractivity contribution in [1.82, 2.24) is 19.7 Å². The molecule has 0 fully saturated rings. The number of hydrogen-bond acceptors (Lipinski definition) is 4. The molecular formula is C14H15BrN4S. The maximum absolute atomic E-state index is 4.37. The van der Waals surface area contributed by atoms with Gasteiger partial charge in [-0.1, -0.05) is 13.0 Å². The largest absolute Gasteiger partial charge is 0.304 e. The van der Waals surface area contributed by atoms with Crippen LogP contribution in [0.25, 0.3) is 5.65 Å². The molecule has 0 aliphatic rings. The van der Waals surface area contributed by atoms with Gasteiger partial charge in [0, 0.05) is 23.7 Å². The Bertz CT molecular complexity index is 692. The summed E-state index contributed by atoms with van der Waals surface area (Å²) in [4.78, 5) is 9.93. The molecule has 0 spiro atoms. The van der Waals surface area contributed by atoms with E-state index in [1.807, 2.05) is 12.4 Å². The molecule has 0 bridgehead atoms. The fourth-order valence-corrected chi connectivity index (χ4v) is 3.40. The lowest BCUT2D eigenvalue weighted by Gasteiger charge is -2.15. The van der Waals surface area contributed by atoms with E-state index in [9.17, 15) is 0 Å². The van der Waals surface area contributed by atoms with Gasteiger partial charge in [-0.15, -0.1) is 11.3 Å². The number of rotatable bonds is 5. The number of halogens is 1. The molecule has 0 aliphatic carbocycles. The van der Waals surface area contributed by atoms with Crippen LogP contribution in [-0.4, -0.2) is 14.4 Å². The number of nitrogens with zero attached hydrogens (tertiary/aromatic N) is 3. The molecule has 0 saturated carbocycles. The molecular weight excluding hydrogens is 336 g/mol. The van der Waals surface area contributed by atoms with Crippen LogP contribution in [0.3, 0.4) is 0 Å². The fourth-order valence-electron chi connectivity index (χ4n) is 2.21. The number of hydrogen-bond donors (Lipinski definition) is 1. The molecule has 0 aliphatic heterocycles. The van der Waals surface area contributed by atoms with Gasteiger partial charge >= 0.3 is 0 Å². The van der Waals surface area contributed by atoms with E-state index in [2.05, 4.69) is 60.1 Å². The van der Waals surface area contributed by atoms with Crippen LogP contribution in [0.5, 0.6) is 0 Å². The summed E-state index contributed by atoms with van der Waals surface area (Å²) in [6.45, 7) is 2.99. The van der Waals surface area contributed by atoms with Crippen molar-refractivity contribution in [3.63, 3.8) is 0 Å². The van der Waals surface area contributed by atoms with E-state index in [0.717, 1.165) is 28.9 Å².